The molecule has 1 aromatic heterocycles. The fraction of sp³-hybridized carbons (Fsp3) is 0.600. The summed E-state index contributed by atoms with van der Waals surface area (Å²) < 4.78 is 0. The second-order valence-electron chi connectivity index (χ2n) is 5.49. The lowest BCUT2D eigenvalue weighted by Gasteiger charge is -2.28. The molecule has 0 amide bonds. The predicted octanol–water partition coefficient (Wildman–Crippen LogP) is 0.870. The maximum Gasteiger partial charge on any atom is 0.188 e. The Hall–Kier alpha value is -1.62. The van der Waals surface area contributed by atoms with E-state index in [9.17, 15) is 0 Å². The molecule has 1 aliphatic heterocycles. The summed E-state index contributed by atoms with van der Waals surface area (Å²) >= 11 is 0. The van der Waals surface area contributed by atoms with Crippen molar-refractivity contribution in [1.82, 2.24) is 15.2 Å². The van der Waals surface area contributed by atoms with Gasteiger partial charge < -0.3 is 16.0 Å². The molecule has 2 rings (SSSR count). The minimum Gasteiger partial charge on any atom is -0.370 e. The highest BCUT2D eigenvalue weighted by Crippen LogP contribution is 2.14. The zero-order valence-corrected chi connectivity index (χ0v) is 12.3. The van der Waals surface area contributed by atoms with Gasteiger partial charge in [0.25, 0.3) is 0 Å². The highest BCUT2D eigenvalue weighted by atomic mass is 15.1. The van der Waals surface area contributed by atoms with Crippen molar-refractivity contribution < 1.29 is 0 Å². The van der Waals surface area contributed by atoms with Crippen LogP contribution in [0.3, 0.4) is 0 Å². The number of aliphatic imine (C=N–C) groups is 1. The van der Waals surface area contributed by atoms with Gasteiger partial charge in [0.2, 0.25) is 0 Å². The first-order valence-corrected chi connectivity index (χ1v) is 7.36. The molecule has 110 valence electrons. The molecule has 0 aromatic carbocycles. The molecule has 5 nitrogen and oxygen atoms in total. The number of nitrogens with zero attached hydrogens (tertiary/aromatic N) is 3. The van der Waals surface area contributed by atoms with E-state index >= 15 is 0 Å². The van der Waals surface area contributed by atoms with Gasteiger partial charge in [-0.3, -0.25) is 9.98 Å². The van der Waals surface area contributed by atoms with Crippen molar-refractivity contribution >= 4 is 5.96 Å². The Morgan fingerprint density at radius 1 is 1.55 bits per heavy atom. The van der Waals surface area contributed by atoms with E-state index < -0.39 is 0 Å². The van der Waals surface area contributed by atoms with Crippen LogP contribution in [0.1, 0.15) is 18.5 Å². The molecule has 0 spiro atoms. The fourth-order valence-corrected chi connectivity index (χ4v) is 2.57. The topological polar surface area (TPSA) is 66.5 Å². The first kappa shape index (κ1) is 14.8. The third kappa shape index (κ3) is 5.17. The Bertz CT molecular complexity index is 418. The maximum atomic E-state index is 5.89. The Morgan fingerprint density at radius 2 is 2.45 bits per heavy atom. The zero-order chi connectivity index (χ0) is 14.2. The molecule has 1 fully saturated rings. The number of pyridine rings is 1. The second kappa shape index (κ2) is 7.85. The van der Waals surface area contributed by atoms with Gasteiger partial charge in [-0.05, 0) is 44.5 Å². The normalized spacial score (nSPS) is 20.9. The molecule has 1 aromatic rings. The van der Waals surface area contributed by atoms with Gasteiger partial charge in [0.15, 0.2) is 5.96 Å². The van der Waals surface area contributed by atoms with Crippen molar-refractivity contribution in [3.05, 3.63) is 30.1 Å². The maximum absolute atomic E-state index is 5.89. The molecule has 2 heterocycles. The van der Waals surface area contributed by atoms with Crippen molar-refractivity contribution in [2.75, 3.05) is 33.2 Å². The first-order chi connectivity index (χ1) is 9.74. The number of nitrogens with two attached hydrogens (primary N) is 1. The number of aromatic nitrogens is 1. The van der Waals surface area contributed by atoms with Crippen LogP contribution >= 0.6 is 0 Å². The summed E-state index contributed by atoms with van der Waals surface area (Å²) in [7, 11) is 2.17. The smallest absolute Gasteiger partial charge is 0.188 e. The van der Waals surface area contributed by atoms with Gasteiger partial charge in [-0.25, -0.2) is 0 Å². The van der Waals surface area contributed by atoms with Crippen LogP contribution in [0.15, 0.2) is 29.4 Å². The lowest BCUT2D eigenvalue weighted by atomic mass is 9.99. The summed E-state index contributed by atoms with van der Waals surface area (Å²) in [5, 5.41) is 3.16. The molecule has 1 saturated heterocycles. The Morgan fingerprint density at radius 3 is 3.20 bits per heavy atom. The number of hydrogen-bond acceptors (Lipinski definition) is 3. The van der Waals surface area contributed by atoms with Crippen LogP contribution in [0.25, 0.3) is 0 Å². The van der Waals surface area contributed by atoms with Gasteiger partial charge in [0.1, 0.15) is 0 Å². The van der Waals surface area contributed by atoms with Gasteiger partial charge >= 0.3 is 0 Å². The monoisotopic (exact) mass is 275 g/mol. The summed E-state index contributed by atoms with van der Waals surface area (Å²) in [6, 6.07) is 5.94. The van der Waals surface area contributed by atoms with E-state index in [1.54, 1.807) is 0 Å². The molecule has 1 atom stereocenters. The Kier molecular flexibility index (Phi) is 5.80. The van der Waals surface area contributed by atoms with Gasteiger partial charge in [0, 0.05) is 37.9 Å². The van der Waals surface area contributed by atoms with Crippen LogP contribution in [-0.4, -0.2) is 49.1 Å². The summed E-state index contributed by atoms with van der Waals surface area (Å²) in [5.41, 5.74) is 6.97. The van der Waals surface area contributed by atoms with Gasteiger partial charge in [-0.1, -0.05) is 6.07 Å². The number of likely N-dealkylation sites (tertiary alicyclic amines) is 1. The van der Waals surface area contributed by atoms with Crippen molar-refractivity contribution in [1.29, 1.82) is 0 Å². The van der Waals surface area contributed by atoms with Crippen molar-refractivity contribution in [2.45, 2.75) is 19.3 Å². The third-order valence-corrected chi connectivity index (χ3v) is 3.66. The minimum absolute atomic E-state index is 0.550. The number of nitrogens with one attached hydrogen (secondary N) is 1. The van der Waals surface area contributed by atoms with E-state index in [4.69, 9.17) is 5.73 Å². The summed E-state index contributed by atoms with van der Waals surface area (Å²) in [5.74, 6) is 1.19. The average Bonchev–Trinajstić information content (AvgIpc) is 2.46. The first-order valence-electron chi connectivity index (χ1n) is 7.36. The van der Waals surface area contributed by atoms with E-state index in [0.29, 0.717) is 11.9 Å². The lowest BCUT2D eigenvalue weighted by molar-refractivity contribution is 0.214. The zero-order valence-electron chi connectivity index (χ0n) is 12.3. The van der Waals surface area contributed by atoms with Crippen molar-refractivity contribution in [3.63, 3.8) is 0 Å². The molecular weight excluding hydrogens is 250 g/mol. The molecule has 0 bridgehead atoms. The molecular formula is C15H25N5. The molecule has 0 aliphatic carbocycles. The lowest BCUT2D eigenvalue weighted by Crippen LogP contribution is -2.36. The summed E-state index contributed by atoms with van der Waals surface area (Å²) in [6.07, 6.45) is 5.20. The van der Waals surface area contributed by atoms with E-state index in [2.05, 4.69) is 27.2 Å². The summed E-state index contributed by atoms with van der Waals surface area (Å²) in [6.45, 7) is 3.94. The average molecular weight is 275 g/mol. The third-order valence-electron chi connectivity index (χ3n) is 3.66. The van der Waals surface area contributed by atoms with E-state index in [1.165, 1.54) is 19.4 Å². The number of piperidine rings is 1. The van der Waals surface area contributed by atoms with Crippen LogP contribution in [-0.2, 0) is 6.42 Å². The number of guanidine groups is 1. The highest BCUT2D eigenvalue weighted by Gasteiger charge is 2.16. The van der Waals surface area contributed by atoms with Gasteiger partial charge in [-0.15, -0.1) is 0 Å². The largest absolute Gasteiger partial charge is 0.370 e. The van der Waals surface area contributed by atoms with Gasteiger partial charge in [-0.2, -0.15) is 0 Å². The van der Waals surface area contributed by atoms with Crippen LogP contribution in [0.5, 0.6) is 0 Å². The van der Waals surface area contributed by atoms with Crippen LogP contribution in [0, 0.1) is 5.92 Å². The molecule has 0 radical (unpaired) electrons. The standard InChI is InChI=1S/C15H25N5/c1-20-10-4-5-13(12-20)11-19-15(16)18-9-7-14-6-2-3-8-17-14/h2-3,6,8,13H,4-5,7,9-12H2,1H3,(H3,16,18,19). The van der Waals surface area contributed by atoms with Crippen LogP contribution in [0.2, 0.25) is 0 Å². The van der Waals surface area contributed by atoms with Crippen molar-refractivity contribution in [3.8, 4) is 0 Å². The fourth-order valence-electron chi connectivity index (χ4n) is 2.57. The van der Waals surface area contributed by atoms with E-state index in [1.807, 2.05) is 24.4 Å². The number of hydrogen-bond donors (Lipinski definition) is 2. The molecule has 1 unspecified atom stereocenters. The SMILES string of the molecule is CN1CCCC(CN=C(N)NCCc2ccccn2)C1. The highest BCUT2D eigenvalue weighted by molar-refractivity contribution is 5.77. The minimum atomic E-state index is 0.550. The molecule has 3 N–H and O–H groups in total. The summed E-state index contributed by atoms with van der Waals surface area (Å²) in [4.78, 5) is 11.1. The van der Waals surface area contributed by atoms with Crippen molar-refractivity contribution in [2.24, 2.45) is 16.6 Å². The molecule has 20 heavy (non-hydrogen) atoms. The van der Waals surface area contributed by atoms with E-state index in [-0.39, 0.29) is 0 Å². The molecule has 1 aliphatic rings. The van der Waals surface area contributed by atoms with Gasteiger partial charge in [0.05, 0.1) is 0 Å². The quantitative estimate of drug-likeness (QED) is 0.618. The second-order valence-corrected chi connectivity index (χ2v) is 5.49. The Balaban J connectivity index is 1.66. The molecule has 5 heteroatoms. The molecule has 0 saturated carbocycles. The predicted molar refractivity (Wildman–Crippen MR) is 82.7 cm³/mol. The van der Waals surface area contributed by atoms with Crippen LogP contribution in [0.4, 0.5) is 0 Å². The van der Waals surface area contributed by atoms with E-state index in [0.717, 1.165) is 31.7 Å². The Labute approximate surface area is 121 Å². The van der Waals surface area contributed by atoms with Crippen LogP contribution < -0.4 is 11.1 Å². The number of rotatable bonds is 5.